The zero-order chi connectivity index (χ0) is 19.5. The number of carbonyl (C=O) groups is 3. The van der Waals surface area contributed by atoms with Gasteiger partial charge in [-0.25, -0.2) is 0 Å². The Kier molecular flexibility index (Phi) is 5.64. The highest BCUT2D eigenvalue weighted by atomic mass is 16.2. The molecule has 6 heteroatoms. The fourth-order valence-corrected chi connectivity index (χ4v) is 4.67. The Labute approximate surface area is 166 Å². The average Bonchev–Trinajstić information content (AvgIpc) is 3.06. The highest BCUT2D eigenvalue weighted by Crippen LogP contribution is 2.25. The van der Waals surface area contributed by atoms with E-state index in [1.54, 1.807) is 9.80 Å². The Bertz CT molecular complexity index is 738. The van der Waals surface area contributed by atoms with Gasteiger partial charge in [-0.05, 0) is 43.4 Å². The van der Waals surface area contributed by atoms with Gasteiger partial charge < -0.3 is 15.1 Å². The van der Waals surface area contributed by atoms with Crippen molar-refractivity contribution in [1.29, 1.82) is 0 Å². The zero-order valence-electron chi connectivity index (χ0n) is 16.4. The van der Waals surface area contributed by atoms with Crippen LogP contribution >= 0.6 is 0 Å². The van der Waals surface area contributed by atoms with Gasteiger partial charge in [0.1, 0.15) is 12.6 Å². The molecular formula is C22H29N3O3. The van der Waals surface area contributed by atoms with Crippen molar-refractivity contribution >= 4 is 17.7 Å². The van der Waals surface area contributed by atoms with Crippen molar-refractivity contribution in [2.24, 2.45) is 0 Å². The first kappa shape index (κ1) is 19.0. The smallest absolute Gasteiger partial charge is 0.251 e. The molecule has 0 aromatic heterocycles. The van der Waals surface area contributed by atoms with Gasteiger partial charge in [0, 0.05) is 24.7 Å². The Hall–Kier alpha value is -2.37. The molecule has 1 saturated carbocycles. The summed E-state index contributed by atoms with van der Waals surface area (Å²) in [5.74, 6) is 0.0676. The van der Waals surface area contributed by atoms with Gasteiger partial charge >= 0.3 is 0 Å². The first-order chi connectivity index (χ1) is 13.6. The van der Waals surface area contributed by atoms with Crippen LogP contribution in [0.1, 0.15) is 67.3 Å². The highest BCUT2D eigenvalue weighted by molar-refractivity contribution is 5.95. The number of carbonyl (C=O) groups excluding carboxylic acids is 3. The lowest BCUT2D eigenvalue weighted by Gasteiger charge is -2.36. The summed E-state index contributed by atoms with van der Waals surface area (Å²) in [5, 5.41) is 3.16. The van der Waals surface area contributed by atoms with E-state index >= 15 is 0 Å². The van der Waals surface area contributed by atoms with Crippen molar-refractivity contribution in [3.05, 3.63) is 35.4 Å². The predicted octanol–water partition coefficient (Wildman–Crippen LogP) is 2.47. The third-order valence-corrected chi connectivity index (χ3v) is 6.28. The molecule has 1 atom stereocenters. The van der Waals surface area contributed by atoms with Crippen LogP contribution in [0.4, 0.5) is 0 Å². The summed E-state index contributed by atoms with van der Waals surface area (Å²) in [5.41, 5.74) is 1.59. The Morgan fingerprint density at radius 2 is 1.68 bits per heavy atom. The van der Waals surface area contributed by atoms with E-state index < -0.39 is 0 Å². The van der Waals surface area contributed by atoms with Crippen molar-refractivity contribution in [3.63, 3.8) is 0 Å². The monoisotopic (exact) mass is 383 g/mol. The second kappa shape index (κ2) is 8.33. The maximum Gasteiger partial charge on any atom is 0.251 e. The van der Waals surface area contributed by atoms with Gasteiger partial charge in [0.25, 0.3) is 5.91 Å². The molecule has 2 saturated heterocycles. The molecule has 1 aliphatic carbocycles. The number of rotatable bonds is 4. The number of nitrogens with one attached hydrogen (secondary N) is 1. The minimum atomic E-state index is -0.272. The normalized spacial score (nSPS) is 23.5. The van der Waals surface area contributed by atoms with E-state index in [0.717, 1.165) is 31.2 Å². The van der Waals surface area contributed by atoms with E-state index in [1.807, 2.05) is 24.3 Å². The largest absolute Gasteiger partial charge is 0.349 e. The van der Waals surface area contributed by atoms with Gasteiger partial charge in [-0.2, -0.15) is 0 Å². The fourth-order valence-electron chi connectivity index (χ4n) is 4.67. The van der Waals surface area contributed by atoms with Crippen molar-refractivity contribution in [1.82, 2.24) is 15.1 Å². The summed E-state index contributed by atoms with van der Waals surface area (Å²) in [6.45, 7) is 1.27. The predicted molar refractivity (Wildman–Crippen MR) is 106 cm³/mol. The second-order valence-electron chi connectivity index (χ2n) is 8.30. The molecule has 1 aromatic rings. The molecule has 150 valence electrons. The third kappa shape index (κ3) is 4.05. The lowest BCUT2D eigenvalue weighted by Crippen LogP contribution is -2.56. The molecule has 2 heterocycles. The molecule has 3 fully saturated rings. The van der Waals surface area contributed by atoms with Crippen molar-refractivity contribution in [3.8, 4) is 0 Å². The molecule has 1 unspecified atom stereocenters. The van der Waals surface area contributed by atoms with Crippen LogP contribution in [0.5, 0.6) is 0 Å². The number of piperazine rings is 1. The van der Waals surface area contributed by atoms with Gasteiger partial charge in [0.05, 0.1) is 0 Å². The van der Waals surface area contributed by atoms with E-state index in [0.29, 0.717) is 18.7 Å². The molecule has 0 bridgehead atoms. The summed E-state index contributed by atoms with van der Waals surface area (Å²) < 4.78 is 0. The topological polar surface area (TPSA) is 69.7 Å². The molecule has 3 aliphatic rings. The van der Waals surface area contributed by atoms with Crippen molar-refractivity contribution in [2.45, 2.75) is 70.0 Å². The summed E-state index contributed by atoms with van der Waals surface area (Å²) in [6.07, 6.45) is 8.69. The Morgan fingerprint density at radius 1 is 0.964 bits per heavy atom. The van der Waals surface area contributed by atoms with Crippen molar-refractivity contribution in [2.75, 3.05) is 13.1 Å². The Morgan fingerprint density at radius 3 is 2.39 bits per heavy atom. The molecule has 2 aliphatic heterocycles. The zero-order valence-corrected chi connectivity index (χ0v) is 16.4. The average molecular weight is 383 g/mol. The van der Waals surface area contributed by atoms with E-state index in [-0.39, 0.29) is 36.3 Å². The lowest BCUT2D eigenvalue weighted by molar-refractivity contribution is -0.154. The van der Waals surface area contributed by atoms with Crippen LogP contribution in [0.2, 0.25) is 0 Å². The second-order valence-corrected chi connectivity index (χ2v) is 8.30. The first-order valence-corrected chi connectivity index (χ1v) is 10.6. The van der Waals surface area contributed by atoms with Gasteiger partial charge in [0.2, 0.25) is 11.8 Å². The molecule has 3 amide bonds. The van der Waals surface area contributed by atoms with Gasteiger partial charge in [-0.1, -0.05) is 37.8 Å². The van der Waals surface area contributed by atoms with E-state index in [1.165, 1.54) is 25.7 Å². The quantitative estimate of drug-likeness (QED) is 0.812. The highest BCUT2D eigenvalue weighted by Gasteiger charge is 2.41. The van der Waals surface area contributed by atoms with Crippen molar-refractivity contribution < 1.29 is 14.4 Å². The molecule has 1 aromatic carbocycles. The summed E-state index contributed by atoms with van der Waals surface area (Å²) >= 11 is 0. The standard InChI is InChI=1S/C22H29N3O3/c26-20-15-24(22(28)19-8-5-13-25(19)20)14-16-9-11-17(12-10-16)21(27)23-18-6-3-1-2-4-7-18/h9-12,18-19H,1-8,13-15H2,(H,23,27). The number of hydrogen-bond acceptors (Lipinski definition) is 3. The molecule has 28 heavy (non-hydrogen) atoms. The van der Waals surface area contributed by atoms with Gasteiger partial charge in [-0.3, -0.25) is 14.4 Å². The van der Waals surface area contributed by atoms with E-state index in [9.17, 15) is 14.4 Å². The molecule has 6 nitrogen and oxygen atoms in total. The maximum atomic E-state index is 12.6. The van der Waals surface area contributed by atoms with Crippen LogP contribution in [0.25, 0.3) is 0 Å². The van der Waals surface area contributed by atoms with Gasteiger partial charge in [-0.15, -0.1) is 0 Å². The number of amides is 3. The van der Waals surface area contributed by atoms with Crippen LogP contribution in [0.3, 0.4) is 0 Å². The number of benzene rings is 1. The minimum absolute atomic E-state index is 0.0238. The molecule has 1 N–H and O–H groups in total. The van der Waals surface area contributed by atoms with Crippen LogP contribution in [-0.4, -0.2) is 52.7 Å². The van der Waals surface area contributed by atoms with Crippen LogP contribution in [0.15, 0.2) is 24.3 Å². The summed E-state index contributed by atoms with van der Waals surface area (Å²) in [6, 6.07) is 7.42. The van der Waals surface area contributed by atoms with Crippen LogP contribution in [0, 0.1) is 0 Å². The van der Waals surface area contributed by atoms with E-state index in [4.69, 9.17) is 0 Å². The number of hydrogen-bond donors (Lipinski definition) is 1. The molecular weight excluding hydrogens is 354 g/mol. The Balaban J connectivity index is 1.36. The van der Waals surface area contributed by atoms with Crippen LogP contribution < -0.4 is 5.32 Å². The summed E-state index contributed by atoms with van der Waals surface area (Å²) in [4.78, 5) is 40.8. The minimum Gasteiger partial charge on any atom is -0.349 e. The summed E-state index contributed by atoms with van der Waals surface area (Å²) in [7, 11) is 0. The first-order valence-electron chi connectivity index (χ1n) is 10.6. The third-order valence-electron chi connectivity index (χ3n) is 6.28. The van der Waals surface area contributed by atoms with E-state index in [2.05, 4.69) is 5.32 Å². The van der Waals surface area contributed by atoms with Gasteiger partial charge in [0.15, 0.2) is 0 Å². The molecule has 0 spiro atoms. The number of fused-ring (bicyclic) bond motifs is 1. The number of nitrogens with zero attached hydrogens (tertiary/aromatic N) is 2. The SMILES string of the molecule is O=C(NC1CCCCCC1)c1ccc(CN2CC(=O)N3CCCC3C2=O)cc1. The maximum absolute atomic E-state index is 12.6. The lowest BCUT2D eigenvalue weighted by atomic mass is 10.1. The molecule has 4 rings (SSSR count). The fraction of sp³-hybridized carbons (Fsp3) is 0.591. The van der Waals surface area contributed by atoms with Crippen LogP contribution in [-0.2, 0) is 16.1 Å². The molecule has 0 radical (unpaired) electrons.